The first-order valence-corrected chi connectivity index (χ1v) is 9.10. The Hall–Kier alpha value is -3.28. The molecule has 0 saturated carbocycles. The number of carbonyl (C=O) groups is 1. The largest absolute Gasteiger partial charge is 0.454 e. The summed E-state index contributed by atoms with van der Waals surface area (Å²) in [6.07, 6.45) is 1.68. The minimum absolute atomic E-state index is 0.0496. The summed E-state index contributed by atoms with van der Waals surface area (Å²) in [6, 6.07) is 15.7. The average Bonchev–Trinajstić information content (AvgIpc) is 2.89. The van der Waals surface area contributed by atoms with Crippen LogP contribution in [0.3, 0.4) is 0 Å². The number of rotatable bonds is 2. The number of piperazine rings is 1. The van der Waals surface area contributed by atoms with Gasteiger partial charge in [0.1, 0.15) is 17.3 Å². The maximum absolute atomic E-state index is 12.2. The first-order valence-electron chi connectivity index (χ1n) is 9.10. The number of fused-ring (bicyclic) bond motifs is 2. The molecule has 4 rings (SSSR count). The van der Waals surface area contributed by atoms with E-state index < -0.39 is 0 Å². The summed E-state index contributed by atoms with van der Waals surface area (Å²) in [5.74, 6) is 2.44. The molecule has 0 unspecified atom stereocenters. The third kappa shape index (κ3) is 3.51. The number of amidine groups is 1. The van der Waals surface area contributed by atoms with E-state index in [0.717, 1.165) is 41.7 Å². The molecular weight excluding hydrogens is 340 g/mol. The Labute approximate surface area is 158 Å². The van der Waals surface area contributed by atoms with Crippen LogP contribution in [0.25, 0.3) is 0 Å². The highest BCUT2D eigenvalue weighted by atomic mass is 16.5. The van der Waals surface area contributed by atoms with Gasteiger partial charge >= 0.3 is 6.03 Å². The molecule has 2 amide bonds. The highest BCUT2D eigenvalue weighted by Gasteiger charge is 2.27. The van der Waals surface area contributed by atoms with E-state index in [-0.39, 0.29) is 6.03 Å². The molecule has 2 aliphatic heterocycles. The molecule has 2 heterocycles. The molecule has 0 aliphatic carbocycles. The van der Waals surface area contributed by atoms with Gasteiger partial charge in [-0.25, -0.2) is 9.79 Å². The van der Waals surface area contributed by atoms with Crippen LogP contribution in [-0.4, -0.2) is 54.4 Å². The van der Waals surface area contributed by atoms with Crippen molar-refractivity contribution in [1.29, 1.82) is 0 Å². The number of nitrogens with one attached hydrogen (secondary N) is 1. The van der Waals surface area contributed by atoms with E-state index in [9.17, 15) is 4.79 Å². The van der Waals surface area contributed by atoms with Crippen LogP contribution >= 0.6 is 0 Å². The molecule has 2 aromatic carbocycles. The molecule has 0 aromatic heterocycles. The standard InChI is InChI=1S/C21H22N4O2/c1-2-11-22-21(26)25-14-12-24(13-15-25)20-16-7-3-5-9-18(16)27-19-10-6-4-8-17(19)23-20/h2-10H,1,11-15H2,(H,22,26). The zero-order valence-electron chi connectivity index (χ0n) is 15.1. The van der Waals surface area contributed by atoms with Gasteiger partial charge in [0, 0.05) is 32.7 Å². The molecule has 1 saturated heterocycles. The molecule has 6 nitrogen and oxygen atoms in total. The van der Waals surface area contributed by atoms with Crippen molar-refractivity contribution in [2.24, 2.45) is 4.99 Å². The molecule has 138 valence electrons. The highest BCUT2D eigenvalue weighted by Crippen LogP contribution is 2.37. The lowest BCUT2D eigenvalue weighted by Gasteiger charge is -2.36. The summed E-state index contributed by atoms with van der Waals surface area (Å²) >= 11 is 0. The van der Waals surface area contributed by atoms with Gasteiger partial charge in [-0.1, -0.05) is 30.3 Å². The van der Waals surface area contributed by atoms with E-state index in [4.69, 9.17) is 9.73 Å². The molecule has 0 spiro atoms. The first-order chi connectivity index (χ1) is 13.3. The number of para-hydroxylation sites is 3. The summed E-state index contributed by atoms with van der Waals surface area (Å²) in [6.45, 7) is 6.84. The minimum atomic E-state index is -0.0496. The van der Waals surface area contributed by atoms with Crippen molar-refractivity contribution in [2.45, 2.75) is 0 Å². The molecule has 0 bridgehead atoms. The van der Waals surface area contributed by atoms with Gasteiger partial charge in [0.25, 0.3) is 0 Å². The van der Waals surface area contributed by atoms with Crippen LogP contribution < -0.4 is 10.1 Å². The van der Waals surface area contributed by atoms with Crippen molar-refractivity contribution in [3.63, 3.8) is 0 Å². The van der Waals surface area contributed by atoms with Crippen LogP contribution in [0.2, 0.25) is 0 Å². The number of benzene rings is 2. The fourth-order valence-electron chi connectivity index (χ4n) is 3.30. The van der Waals surface area contributed by atoms with Crippen LogP contribution in [0.5, 0.6) is 11.5 Å². The van der Waals surface area contributed by atoms with Gasteiger partial charge in [0.05, 0.1) is 5.56 Å². The van der Waals surface area contributed by atoms with Crippen LogP contribution in [0.15, 0.2) is 66.2 Å². The second-order valence-corrected chi connectivity index (χ2v) is 6.45. The van der Waals surface area contributed by atoms with Crippen molar-refractivity contribution in [3.8, 4) is 11.5 Å². The van der Waals surface area contributed by atoms with E-state index in [0.29, 0.717) is 19.6 Å². The van der Waals surface area contributed by atoms with Crippen molar-refractivity contribution in [2.75, 3.05) is 32.7 Å². The van der Waals surface area contributed by atoms with Gasteiger partial charge in [-0.05, 0) is 24.3 Å². The van der Waals surface area contributed by atoms with Gasteiger partial charge in [-0.2, -0.15) is 0 Å². The third-order valence-corrected chi connectivity index (χ3v) is 4.70. The lowest BCUT2D eigenvalue weighted by atomic mass is 10.1. The topological polar surface area (TPSA) is 57.2 Å². The second-order valence-electron chi connectivity index (χ2n) is 6.45. The van der Waals surface area contributed by atoms with Crippen LogP contribution in [-0.2, 0) is 0 Å². The van der Waals surface area contributed by atoms with Crippen molar-refractivity contribution < 1.29 is 9.53 Å². The highest BCUT2D eigenvalue weighted by molar-refractivity contribution is 6.03. The lowest BCUT2D eigenvalue weighted by Crippen LogP contribution is -2.53. The fourth-order valence-corrected chi connectivity index (χ4v) is 3.30. The van der Waals surface area contributed by atoms with E-state index >= 15 is 0 Å². The van der Waals surface area contributed by atoms with E-state index in [2.05, 4.69) is 16.8 Å². The SMILES string of the molecule is C=CCNC(=O)N1CCN(C2=Nc3ccccc3Oc3ccccc32)CC1. The van der Waals surface area contributed by atoms with Gasteiger partial charge < -0.3 is 19.9 Å². The zero-order chi connectivity index (χ0) is 18.6. The number of amides is 2. The van der Waals surface area contributed by atoms with Gasteiger partial charge in [-0.3, -0.25) is 0 Å². The zero-order valence-corrected chi connectivity index (χ0v) is 15.1. The van der Waals surface area contributed by atoms with E-state index in [1.807, 2.05) is 53.4 Å². The van der Waals surface area contributed by atoms with Crippen LogP contribution in [0, 0.1) is 0 Å². The first kappa shape index (κ1) is 17.1. The Morgan fingerprint density at radius 2 is 1.78 bits per heavy atom. The average molecular weight is 362 g/mol. The number of nitrogens with zero attached hydrogens (tertiary/aromatic N) is 3. The summed E-state index contributed by atoms with van der Waals surface area (Å²) < 4.78 is 6.10. The molecule has 0 radical (unpaired) electrons. The summed E-state index contributed by atoms with van der Waals surface area (Å²) in [5, 5.41) is 2.84. The summed E-state index contributed by atoms with van der Waals surface area (Å²) in [7, 11) is 0. The van der Waals surface area contributed by atoms with Crippen molar-refractivity contribution >= 4 is 17.6 Å². The maximum Gasteiger partial charge on any atom is 0.317 e. The number of ether oxygens (including phenoxy) is 1. The predicted molar refractivity (Wildman–Crippen MR) is 106 cm³/mol. The number of carbonyl (C=O) groups excluding carboxylic acids is 1. The summed E-state index contributed by atoms with van der Waals surface area (Å²) in [5.41, 5.74) is 1.79. The smallest absolute Gasteiger partial charge is 0.317 e. The van der Waals surface area contributed by atoms with Crippen LogP contribution in [0.1, 0.15) is 5.56 Å². The quantitative estimate of drug-likeness (QED) is 0.833. The lowest BCUT2D eigenvalue weighted by molar-refractivity contribution is 0.170. The second kappa shape index (κ2) is 7.53. The molecule has 6 heteroatoms. The Bertz CT molecular complexity index is 885. The van der Waals surface area contributed by atoms with E-state index in [1.54, 1.807) is 6.08 Å². The Morgan fingerprint density at radius 3 is 2.56 bits per heavy atom. The molecule has 1 N–H and O–H groups in total. The molecule has 2 aliphatic rings. The number of aliphatic imine (C=N–C) groups is 1. The molecule has 27 heavy (non-hydrogen) atoms. The van der Waals surface area contributed by atoms with Gasteiger partial charge in [-0.15, -0.1) is 6.58 Å². The molecule has 2 aromatic rings. The minimum Gasteiger partial charge on any atom is -0.454 e. The molecule has 0 atom stereocenters. The molecular formula is C21H22N4O2. The number of hydrogen-bond acceptors (Lipinski definition) is 4. The number of urea groups is 1. The molecule has 1 fully saturated rings. The Morgan fingerprint density at radius 1 is 1.07 bits per heavy atom. The number of hydrogen-bond donors (Lipinski definition) is 1. The summed E-state index contributed by atoms with van der Waals surface area (Å²) in [4.78, 5) is 21.1. The van der Waals surface area contributed by atoms with Crippen molar-refractivity contribution in [3.05, 3.63) is 66.7 Å². The third-order valence-electron chi connectivity index (χ3n) is 4.70. The maximum atomic E-state index is 12.2. The monoisotopic (exact) mass is 362 g/mol. The Kier molecular flexibility index (Phi) is 4.78. The van der Waals surface area contributed by atoms with Crippen molar-refractivity contribution in [1.82, 2.24) is 15.1 Å². The Balaban J connectivity index is 1.59. The van der Waals surface area contributed by atoms with E-state index in [1.165, 1.54) is 0 Å². The predicted octanol–water partition coefficient (Wildman–Crippen LogP) is 3.38. The normalized spacial score (nSPS) is 15.6. The van der Waals surface area contributed by atoms with Gasteiger partial charge in [0.2, 0.25) is 0 Å². The van der Waals surface area contributed by atoms with Gasteiger partial charge in [0.15, 0.2) is 5.75 Å². The van der Waals surface area contributed by atoms with Crippen LogP contribution in [0.4, 0.5) is 10.5 Å². The fraction of sp³-hybridized carbons (Fsp3) is 0.238.